The monoisotopic (exact) mass is 424 g/mol. The van der Waals surface area contributed by atoms with E-state index in [1.54, 1.807) is 24.3 Å². The number of hydrogen-bond acceptors (Lipinski definition) is 6. The summed E-state index contributed by atoms with van der Waals surface area (Å²) in [5, 5.41) is 22.9. The molecule has 0 spiro atoms. The summed E-state index contributed by atoms with van der Waals surface area (Å²) in [4.78, 5) is 21.0. The number of aliphatic hydroxyl groups is 2. The third kappa shape index (κ3) is 7.73. The first-order valence-corrected chi connectivity index (χ1v) is 10.9. The minimum atomic E-state index is -2.29. The van der Waals surface area contributed by atoms with Crippen LogP contribution in [0.3, 0.4) is 0 Å². The van der Waals surface area contributed by atoms with Crippen LogP contribution in [-0.2, 0) is 9.30 Å². The lowest BCUT2D eigenvalue weighted by atomic mass is 10.0. The standard InChI is InChI=1S/C20H26NO7P/c1-2-3-4-5-11-21-19(24)14-6-8-15(9-7-14)27-20-18(23)17(22)13-16(28-20)10-12-29(25)26/h1,6-9,16-18,20,22-23H,3-5,10-13H2,(H-,21,24,25,26)/p+1/t16-,17+,18+,20?/m1/s1. The average molecular weight is 424 g/mol. The Balaban J connectivity index is 1.87. The molecule has 2 rings (SSSR count). The topological polar surface area (TPSA) is 125 Å². The highest BCUT2D eigenvalue weighted by Crippen LogP contribution is 2.27. The molecule has 8 nitrogen and oxygen atoms in total. The molecule has 1 aliphatic heterocycles. The number of ether oxygens (including phenoxy) is 2. The summed E-state index contributed by atoms with van der Waals surface area (Å²) < 4.78 is 22.1. The van der Waals surface area contributed by atoms with Gasteiger partial charge in [0.2, 0.25) is 6.29 Å². The third-order valence-corrected chi connectivity index (χ3v) is 5.19. The highest BCUT2D eigenvalue weighted by molar-refractivity contribution is 7.37. The molecule has 1 aromatic carbocycles. The third-order valence-electron chi connectivity index (χ3n) is 4.55. The van der Waals surface area contributed by atoms with Gasteiger partial charge < -0.3 is 25.0 Å². The van der Waals surface area contributed by atoms with Crippen LogP contribution in [0, 0.1) is 12.3 Å². The molecule has 0 aromatic heterocycles. The van der Waals surface area contributed by atoms with E-state index in [1.807, 2.05) is 0 Å². The summed E-state index contributed by atoms with van der Waals surface area (Å²) in [6.07, 6.45) is 4.09. The minimum Gasteiger partial charge on any atom is -0.462 e. The number of hydrogen-bond donors (Lipinski definition) is 4. The fraction of sp³-hybridized carbons (Fsp3) is 0.550. The molecule has 1 heterocycles. The van der Waals surface area contributed by atoms with E-state index in [-0.39, 0.29) is 24.9 Å². The van der Waals surface area contributed by atoms with Crippen molar-refractivity contribution in [3.63, 3.8) is 0 Å². The quantitative estimate of drug-likeness (QED) is 0.255. The fourth-order valence-electron chi connectivity index (χ4n) is 2.93. The summed E-state index contributed by atoms with van der Waals surface area (Å²) >= 11 is 0. The van der Waals surface area contributed by atoms with Crippen molar-refractivity contribution in [2.24, 2.45) is 0 Å². The number of unbranched alkanes of at least 4 members (excludes halogenated alkanes) is 2. The number of nitrogens with one attached hydrogen (secondary N) is 1. The van der Waals surface area contributed by atoms with E-state index in [4.69, 9.17) is 20.8 Å². The number of rotatable bonds is 10. The molecule has 0 saturated carbocycles. The van der Waals surface area contributed by atoms with Crippen LogP contribution in [0.25, 0.3) is 0 Å². The van der Waals surface area contributed by atoms with Crippen LogP contribution in [0.4, 0.5) is 0 Å². The first-order valence-electron chi connectivity index (χ1n) is 9.54. The van der Waals surface area contributed by atoms with E-state index in [2.05, 4.69) is 11.2 Å². The summed E-state index contributed by atoms with van der Waals surface area (Å²) in [7, 11) is -2.29. The predicted octanol–water partition coefficient (Wildman–Crippen LogP) is 1.56. The van der Waals surface area contributed by atoms with Crippen LogP contribution < -0.4 is 10.1 Å². The molecular formula is C20H27NO7P+. The number of carbonyl (C=O) groups is 1. The van der Waals surface area contributed by atoms with Gasteiger partial charge in [-0.1, -0.05) is 0 Å². The number of amides is 1. The predicted molar refractivity (Wildman–Crippen MR) is 107 cm³/mol. The highest BCUT2D eigenvalue weighted by atomic mass is 31.1. The first kappa shape index (κ1) is 23.3. The molecule has 1 aliphatic rings. The van der Waals surface area contributed by atoms with Gasteiger partial charge in [0.05, 0.1) is 12.2 Å². The Bertz CT molecular complexity index is 719. The Hall–Kier alpha value is -2.01. The average Bonchev–Trinajstić information content (AvgIpc) is 2.70. The van der Waals surface area contributed by atoms with Crippen molar-refractivity contribution in [3.05, 3.63) is 29.8 Å². The van der Waals surface area contributed by atoms with Crippen LogP contribution in [0.15, 0.2) is 24.3 Å². The van der Waals surface area contributed by atoms with Gasteiger partial charge in [0.15, 0.2) is 6.16 Å². The van der Waals surface area contributed by atoms with Crippen molar-refractivity contribution in [2.75, 3.05) is 12.7 Å². The number of carbonyl (C=O) groups excluding carboxylic acids is 1. The van der Waals surface area contributed by atoms with Gasteiger partial charge in [0, 0.05) is 31.4 Å². The van der Waals surface area contributed by atoms with Gasteiger partial charge in [-0.25, -0.2) is 0 Å². The minimum absolute atomic E-state index is 0.0437. The van der Waals surface area contributed by atoms with Crippen LogP contribution in [0.1, 0.15) is 42.5 Å². The van der Waals surface area contributed by atoms with E-state index < -0.39 is 32.6 Å². The van der Waals surface area contributed by atoms with E-state index in [0.29, 0.717) is 24.3 Å². The van der Waals surface area contributed by atoms with Gasteiger partial charge in [-0.05, 0) is 41.7 Å². The van der Waals surface area contributed by atoms with Crippen molar-refractivity contribution in [2.45, 2.75) is 56.7 Å². The largest absolute Gasteiger partial charge is 0.505 e. The Morgan fingerprint density at radius 2 is 2.03 bits per heavy atom. The maximum absolute atomic E-state index is 12.1. The van der Waals surface area contributed by atoms with Crippen molar-refractivity contribution in [1.82, 2.24) is 5.32 Å². The lowest BCUT2D eigenvalue weighted by Crippen LogP contribution is -2.51. The van der Waals surface area contributed by atoms with Crippen molar-refractivity contribution in [1.29, 1.82) is 0 Å². The van der Waals surface area contributed by atoms with Gasteiger partial charge >= 0.3 is 8.03 Å². The molecule has 1 fully saturated rings. The van der Waals surface area contributed by atoms with E-state index in [9.17, 15) is 19.6 Å². The zero-order valence-electron chi connectivity index (χ0n) is 16.1. The molecule has 1 saturated heterocycles. The number of aliphatic hydroxyl groups excluding tert-OH is 2. The lowest BCUT2D eigenvalue weighted by Gasteiger charge is -2.36. The number of benzene rings is 1. The lowest BCUT2D eigenvalue weighted by molar-refractivity contribution is -0.235. The van der Waals surface area contributed by atoms with Gasteiger partial charge in [0.1, 0.15) is 11.9 Å². The summed E-state index contributed by atoms with van der Waals surface area (Å²) in [5.74, 6) is 2.71. The fourth-order valence-corrected chi connectivity index (χ4v) is 3.44. The zero-order chi connectivity index (χ0) is 21.2. The zero-order valence-corrected chi connectivity index (χ0v) is 17.0. The van der Waals surface area contributed by atoms with Crippen LogP contribution in [-0.4, -0.2) is 58.3 Å². The summed E-state index contributed by atoms with van der Waals surface area (Å²) in [5.41, 5.74) is 0.462. The summed E-state index contributed by atoms with van der Waals surface area (Å²) in [6, 6.07) is 6.32. The maximum atomic E-state index is 12.1. The maximum Gasteiger partial charge on any atom is 0.505 e. The smallest absolute Gasteiger partial charge is 0.462 e. The van der Waals surface area contributed by atoms with Crippen molar-refractivity contribution < 1.29 is 33.9 Å². The van der Waals surface area contributed by atoms with E-state index >= 15 is 0 Å². The molecule has 4 N–H and O–H groups in total. The second-order valence-corrected chi connectivity index (χ2v) is 8.00. The molecule has 0 radical (unpaired) electrons. The Morgan fingerprint density at radius 3 is 2.69 bits per heavy atom. The molecule has 158 valence electrons. The molecule has 5 atom stereocenters. The first-order chi connectivity index (χ1) is 13.9. The van der Waals surface area contributed by atoms with E-state index in [1.165, 1.54) is 0 Å². The number of terminal acetylenes is 1. The second kappa shape index (κ2) is 11.9. The molecule has 29 heavy (non-hydrogen) atoms. The second-order valence-electron chi connectivity index (χ2n) is 6.84. The van der Waals surface area contributed by atoms with Crippen molar-refractivity contribution in [3.8, 4) is 18.1 Å². The van der Waals surface area contributed by atoms with Gasteiger partial charge in [-0.2, -0.15) is 4.89 Å². The Labute approximate surface area is 171 Å². The van der Waals surface area contributed by atoms with Crippen LogP contribution >= 0.6 is 8.03 Å². The van der Waals surface area contributed by atoms with Crippen LogP contribution in [0.5, 0.6) is 5.75 Å². The molecule has 0 aliphatic carbocycles. The van der Waals surface area contributed by atoms with Gasteiger partial charge in [-0.3, -0.25) is 4.79 Å². The molecule has 9 heteroatoms. The molecule has 2 unspecified atom stereocenters. The molecule has 1 aromatic rings. The summed E-state index contributed by atoms with van der Waals surface area (Å²) in [6.45, 7) is 0.541. The Morgan fingerprint density at radius 1 is 1.31 bits per heavy atom. The van der Waals surface area contributed by atoms with Gasteiger partial charge in [-0.15, -0.1) is 12.3 Å². The molecule has 0 bridgehead atoms. The normalized spacial score (nSPS) is 24.4. The van der Waals surface area contributed by atoms with Gasteiger partial charge in [0.25, 0.3) is 5.91 Å². The van der Waals surface area contributed by atoms with Crippen LogP contribution in [0.2, 0.25) is 0 Å². The molecular weight excluding hydrogens is 397 g/mol. The Kier molecular flexibility index (Phi) is 9.52. The molecule has 1 amide bonds. The highest BCUT2D eigenvalue weighted by Gasteiger charge is 2.39. The van der Waals surface area contributed by atoms with Crippen molar-refractivity contribution >= 4 is 13.9 Å². The van der Waals surface area contributed by atoms with E-state index in [0.717, 1.165) is 12.8 Å². The SMILES string of the molecule is C#CCCCCNC(=O)c1ccc(OC2O[C@H](CC[P+](=O)O)C[C@H](O)[C@@H]2O)cc1.